The quantitative estimate of drug-likeness (QED) is 0.778. The highest BCUT2D eigenvalue weighted by atomic mass is 79.9. The Kier molecular flexibility index (Phi) is 3.41. The van der Waals surface area contributed by atoms with Crippen LogP contribution < -0.4 is 4.90 Å². The van der Waals surface area contributed by atoms with Gasteiger partial charge in [0.15, 0.2) is 0 Å². The van der Waals surface area contributed by atoms with E-state index >= 15 is 0 Å². The molecule has 3 rings (SSSR count). The van der Waals surface area contributed by atoms with Crippen LogP contribution in [0.1, 0.15) is 27.0 Å². The first-order valence-electron chi connectivity index (χ1n) is 6.70. The standard InChI is InChI=1S/C17H14BrNO2/c1-10-6-7-12(8-11(10)2)9-19-14-5-3-4-13(18)15(14)16(20)17(19)21/h3-8H,9H2,1-2H3. The Bertz CT molecular complexity index is 767. The summed E-state index contributed by atoms with van der Waals surface area (Å²) in [5.74, 6) is -0.906. The number of hydrogen-bond donors (Lipinski definition) is 0. The van der Waals surface area contributed by atoms with E-state index in [9.17, 15) is 9.59 Å². The molecule has 1 amide bonds. The number of carbonyl (C=O) groups excluding carboxylic acids is 2. The zero-order chi connectivity index (χ0) is 15.1. The van der Waals surface area contributed by atoms with Crippen molar-refractivity contribution in [1.29, 1.82) is 0 Å². The fraction of sp³-hybridized carbons (Fsp3) is 0.176. The fourth-order valence-corrected chi connectivity index (χ4v) is 3.08. The molecule has 0 N–H and O–H groups in total. The maximum atomic E-state index is 12.2. The third-order valence-electron chi connectivity index (χ3n) is 3.86. The summed E-state index contributed by atoms with van der Waals surface area (Å²) in [6, 6.07) is 11.5. The van der Waals surface area contributed by atoms with E-state index in [1.165, 1.54) is 11.1 Å². The van der Waals surface area contributed by atoms with Gasteiger partial charge in [-0.05, 0) is 58.6 Å². The van der Waals surface area contributed by atoms with Gasteiger partial charge >= 0.3 is 0 Å². The number of nitrogens with zero attached hydrogens (tertiary/aromatic N) is 1. The monoisotopic (exact) mass is 343 g/mol. The lowest BCUT2D eigenvalue weighted by atomic mass is 10.1. The van der Waals surface area contributed by atoms with E-state index in [1.54, 1.807) is 11.0 Å². The van der Waals surface area contributed by atoms with Crippen LogP contribution in [-0.2, 0) is 11.3 Å². The van der Waals surface area contributed by atoms with Crippen LogP contribution in [0.25, 0.3) is 0 Å². The van der Waals surface area contributed by atoms with Gasteiger partial charge in [0.2, 0.25) is 0 Å². The lowest BCUT2D eigenvalue weighted by molar-refractivity contribution is -0.114. The number of aryl methyl sites for hydroxylation is 2. The Labute approximate surface area is 131 Å². The molecule has 0 aliphatic carbocycles. The van der Waals surface area contributed by atoms with Crippen LogP contribution in [0, 0.1) is 13.8 Å². The average Bonchev–Trinajstić information content (AvgIpc) is 2.69. The zero-order valence-corrected chi connectivity index (χ0v) is 13.4. The normalized spacial score (nSPS) is 13.8. The molecule has 1 aliphatic heterocycles. The second-order valence-electron chi connectivity index (χ2n) is 5.27. The van der Waals surface area contributed by atoms with Crippen molar-refractivity contribution < 1.29 is 9.59 Å². The number of rotatable bonds is 2. The maximum Gasteiger partial charge on any atom is 0.299 e. The molecule has 0 fully saturated rings. The summed E-state index contributed by atoms with van der Waals surface area (Å²) in [5, 5.41) is 0. The van der Waals surface area contributed by atoms with Crippen LogP contribution in [0.4, 0.5) is 5.69 Å². The summed E-state index contributed by atoms with van der Waals surface area (Å²) >= 11 is 3.35. The van der Waals surface area contributed by atoms with Crippen molar-refractivity contribution in [3.63, 3.8) is 0 Å². The molecule has 0 bridgehead atoms. The van der Waals surface area contributed by atoms with Crippen LogP contribution in [0.2, 0.25) is 0 Å². The van der Waals surface area contributed by atoms with Crippen molar-refractivity contribution >= 4 is 33.3 Å². The van der Waals surface area contributed by atoms with Crippen molar-refractivity contribution in [1.82, 2.24) is 0 Å². The number of benzene rings is 2. The summed E-state index contributed by atoms with van der Waals surface area (Å²) in [7, 11) is 0. The van der Waals surface area contributed by atoms with Crippen LogP contribution in [0.15, 0.2) is 40.9 Å². The zero-order valence-electron chi connectivity index (χ0n) is 11.8. The minimum atomic E-state index is -0.463. The second kappa shape index (κ2) is 5.11. The van der Waals surface area contributed by atoms with Crippen molar-refractivity contribution in [2.24, 2.45) is 0 Å². The fourth-order valence-electron chi connectivity index (χ4n) is 2.54. The molecule has 21 heavy (non-hydrogen) atoms. The number of amides is 1. The van der Waals surface area contributed by atoms with Gasteiger partial charge < -0.3 is 4.90 Å². The summed E-state index contributed by atoms with van der Waals surface area (Å²) in [6.07, 6.45) is 0. The van der Waals surface area contributed by atoms with Gasteiger partial charge in [-0.1, -0.05) is 24.3 Å². The summed E-state index contributed by atoms with van der Waals surface area (Å²) < 4.78 is 0.668. The smallest absolute Gasteiger partial charge is 0.299 e. The molecule has 0 saturated carbocycles. The molecule has 3 nitrogen and oxygen atoms in total. The third kappa shape index (κ3) is 2.29. The predicted molar refractivity (Wildman–Crippen MR) is 85.6 cm³/mol. The number of anilines is 1. The third-order valence-corrected chi connectivity index (χ3v) is 4.52. The van der Waals surface area contributed by atoms with E-state index in [1.807, 2.05) is 31.2 Å². The second-order valence-corrected chi connectivity index (χ2v) is 6.13. The van der Waals surface area contributed by atoms with E-state index in [2.05, 4.69) is 28.9 Å². The summed E-state index contributed by atoms with van der Waals surface area (Å²) in [4.78, 5) is 25.9. The molecule has 106 valence electrons. The van der Waals surface area contributed by atoms with E-state index in [0.29, 0.717) is 22.3 Å². The molecule has 2 aromatic carbocycles. The molecule has 1 aliphatic rings. The molecule has 0 saturated heterocycles. The van der Waals surface area contributed by atoms with Gasteiger partial charge in [0.1, 0.15) is 0 Å². The van der Waals surface area contributed by atoms with Gasteiger partial charge in [0.25, 0.3) is 11.7 Å². The largest absolute Gasteiger partial charge is 0.300 e. The van der Waals surface area contributed by atoms with Crippen molar-refractivity contribution in [2.45, 2.75) is 20.4 Å². The lowest BCUT2D eigenvalue weighted by Crippen LogP contribution is -2.29. The molecule has 4 heteroatoms. The lowest BCUT2D eigenvalue weighted by Gasteiger charge is -2.17. The first-order chi connectivity index (χ1) is 9.99. The molecule has 0 spiro atoms. The molecule has 2 aromatic rings. The van der Waals surface area contributed by atoms with Crippen LogP contribution in [-0.4, -0.2) is 11.7 Å². The summed E-state index contributed by atoms with van der Waals surface area (Å²) in [5.41, 5.74) is 4.56. The number of hydrogen-bond acceptors (Lipinski definition) is 2. The average molecular weight is 344 g/mol. The molecular weight excluding hydrogens is 330 g/mol. The van der Waals surface area contributed by atoms with E-state index < -0.39 is 11.7 Å². The number of fused-ring (bicyclic) bond motifs is 1. The van der Waals surface area contributed by atoms with Crippen molar-refractivity contribution in [2.75, 3.05) is 4.90 Å². The van der Waals surface area contributed by atoms with E-state index in [0.717, 1.165) is 5.56 Å². The molecule has 0 atom stereocenters. The van der Waals surface area contributed by atoms with Gasteiger partial charge in [0.05, 0.1) is 17.8 Å². The van der Waals surface area contributed by atoms with Crippen molar-refractivity contribution in [3.8, 4) is 0 Å². The van der Waals surface area contributed by atoms with Crippen LogP contribution in [0.5, 0.6) is 0 Å². The molecule has 0 unspecified atom stereocenters. The first-order valence-corrected chi connectivity index (χ1v) is 7.49. The Balaban J connectivity index is 2.00. The highest BCUT2D eigenvalue weighted by Crippen LogP contribution is 2.35. The number of halogens is 1. The highest BCUT2D eigenvalue weighted by Gasteiger charge is 2.37. The first kappa shape index (κ1) is 14.0. The molecule has 0 radical (unpaired) electrons. The van der Waals surface area contributed by atoms with Gasteiger partial charge in [-0.25, -0.2) is 0 Å². The Morgan fingerprint density at radius 2 is 1.81 bits per heavy atom. The minimum Gasteiger partial charge on any atom is -0.300 e. The number of carbonyl (C=O) groups is 2. The minimum absolute atomic E-state index is 0.412. The molecular formula is C17H14BrNO2. The van der Waals surface area contributed by atoms with Gasteiger partial charge in [-0.2, -0.15) is 0 Å². The Morgan fingerprint density at radius 1 is 1.05 bits per heavy atom. The molecule has 1 heterocycles. The highest BCUT2D eigenvalue weighted by molar-refractivity contribution is 9.10. The summed E-state index contributed by atoms with van der Waals surface area (Å²) in [6.45, 7) is 4.51. The number of Topliss-reactive ketones (excluding diaryl/α,β-unsaturated/α-hetero) is 1. The van der Waals surface area contributed by atoms with Crippen molar-refractivity contribution in [3.05, 3.63) is 63.1 Å². The van der Waals surface area contributed by atoms with E-state index in [-0.39, 0.29) is 0 Å². The Hall–Kier alpha value is -1.94. The van der Waals surface area contributed by atoms with Gasteiger partial charge in [-0.3, -0.25) is 9.59 Å². The Morgan fingerprint density at radius 3 is 2.52 bits per heavy atom. The van der Waals surface area contributed by atoms with E-state index in [4.69, 9.17) is 0 Å². The predicted octanol–water partition coefficient (Wildman–Crippen LogP) is 3.80. The van der Waals surface area contributed by atoms with Gasteiger partial charge in [-0.15, -0.1) is 0 Å². The van der Waals surface area contributed by atoms with Crippen LogP contribution in [0.3, 0.4) is 0 Å². The topological polar surface area (TPSA) is 37.4 Å². The number of ketones is 1. The SMILES string of the molecule is Cc1ccc(CN2C(=O)C(=O)c3c(Br)cccc32)cc1C. The maximum absolute atomic E-state index is 12.2. The van der Waals surface area contributed by atoms with Gasteiger partial charge in [0, 0.05) is 4.47 Å². The molecule has 0 aromatic heterocycles. The van der Waals surface area contributed by atoms with Crippen LogP contribution >= 0.6 is 15.9 Å².